The van der Waals surface area contributed by atoms with Gasteiger partial charge < -0.3 is 10.5 Å². The molecule has 18 heavy (non-hydrogen) atoms. The predicted molar refractivity (Wildman–Crippen MR) is 70.6 cm³/mol. The summed E-state index contributed by atoms with van der Waals surface area (Å²) in [6.07, 6.45) is 3.39. The van der Waals surface area contributed by atoms with Gasteiger partial charge in [-0.2, -0.15) is 0 Å². The molecule has 4 nitrogen and oxygen atoms in total. The molecule has 92 valence electrons. The number of aromatic nitrogens is 1. The maximum Gasteiger partial charge on any atom is 0.339 e. The van der Waals surface area contributed by atoms with Gasteiger partial charge >= 0.3 is 5.97 Å². The molecule has 0 aliphatic heterocycles. The highest BCUT2D eigenvalue weighted by molar-refractivity contribution is 7.99. The van der Waals surface area contributed by atoms with Crippen molar-refractivity contribution in [2.24, 2.45) is 0 Å². The van der Waals surface area contributed by atoms with Gasteiger partial charge in [-0.25, -0.2) is 4.79 Å². The van der Waals surface area contributed by atoms with Crippen molar-refractivity contribution < 1.29 is 9.53 Å². The van der Waals surface area contributed by atoms with Gasteiger partial charge in [-0.05, 0) is 24.3 Å². The van der Waals surface area contributed by atoms with E-state index >= 15 is 0 Å². The molecular formula is C13H12N2O2S. The molecular weight excluding hydrogens is 248 g/mol. The Hall–Kier alpha value is -2.01. The van der Waals surface area contributed by atoms with Crippen LogP contribution in [0.4, 0.5) is 5.69 Å². The van der Waals surface area contributed by atoms with E-state index in [1.54, 1.807) is 30.6 Å². The normalized spacial score (nSPS) is 10.1. The average molecular weight is 260 g/mol. The lowest BCUT2D eigenvalue weighted by Gasteiger charge is -2.10. The standard InChI is InChI=1S/C13H12N2O2S/c1-17-13(16)10-3-2-4-11(14)12(10)18-9-5-7-15-8-6-9/h2-8H,14H2,1H3. The summed E-state index contributed by atoms with van der Waals surface area (Å²) < 4.78 is 4.75. The zero-order valence-corrected chi connectivity index (χ0v) is 10.6. The molecule has 2 N–H and O–H groups in total. The van der Waals surface area contributed by atoms with Crippen LogP contribution in [0.5, 0.6) is 0 Å². The quantitative estimate of drug-likeness (QED) is 0.678. The minimum atomic E-state index is -0.390. The zero-order valence-electron chi connectivity index (χ0n) is 9.79. The van der Waals surface area contributed by atoms with Gasteiger partial charge in [-0.1, -0.05) is 17.8 Å². The number of carbonyl (C=O) groups excluding carboxylic acids is 1. The van der Waals surface area contributed by atoms with Crippen LogP contribution >= 0.6 is 11.8 Å². The van der Waals surface area contributed by atoms with Gasteiger partial charge in [0.1, 0.15) is 0 Å². The fraction of sp³-hybridized carbons (Fsp3) is 0.0769. The first-order chi connectivity index (χ1) is 8.72. The van der Waals surface area contributed by atoms with Crippen LogP contribution in [0.1, 0.15) is 10.4 Å². The van der Waals surface area contributed by atoms with Gasteiger partial charge in [-0.3, -0.25) is 4.98 Å². The monoisotopic (exact) mass is 260 g/mol. The number of pyridine rings is 1. The van der Waals surface area contributed by atoms with Crippen LogP contribution in [0, 0.1) is 0 Å². The van der Waals surface area contributed by atoms with Crippen molar-refractivity contribution in [2.75, 3.05) is 12.8 Å². The zero-order chi connectivity index (χ0) is 13.0. The summed E-state index contributed by atoms with van der Waals surface area (Å²) in [5.41, 5.74) is 6.94. The second kappa shape index (κ2) is 5.55. The summed E-state index contributed by atoms with van der Waals surface area (Å²) in [4.78, 5) is 17.3. The second-order valence-electron chi connectivity index (χ2n) is 3.50. The smallest absolute Gasteiger partial charge is 0.339 e. The maximum atomic E-state index is 11.7. The van der Waals surface area contributed by atoms with E-state index in [2.05, 4.69) is 4.98 Å². The summed E-state index contributed by atoms with van der Waals surface area (Å²) in [6, 6.07) is 8.91. The number of carbonyl (C=O) groups is 1. The molecule has 1 aromatic carbocycles. The van der Waals surface area contributed by atoms with Gasteiger partial charge in [0.25, 0.3) is 0 Å². The SMILES string of the molecule is COC(=O)c1cccc(N)c1Sc1ccncc1. The molecule has 0 amide bonds. The number of nitrogens with zero attached hydrogens (tertiary/aromatic N) is 1. The summed E-state index contributed by atoms with van der Waals surface area (Å²) >= 11 is 1.42. The highest BCUT2D eigenvalue weighted by atomic mass is 32.2. The first-order valence-electron chi connectivity index (χ1n) is 5.27. The Morgan fingerprint density at radius 3 is 2.67 bits per heavy atom. The van der Waals surface area contributed by atoms with Gasteiger partial charge in [0.2, 0.25) is 0 Å². The lowest BCUT2D eigenvalue weighted by molar-refractivity contribution is 0.0597. The molecule has 1 aromatic heterocycles. The number of esters is 1. The van der Waals surface area contributed by atoms with Gasteiger partial charge in [0.15, 0.2) is 0 Å². The Balaban J connectivity index is 2.40. The molecule has 0 aliphatic carbocycles. The molecule has 0 aliphatic rings. The minimum absolute atomic E-state index is 0.390. The number of hydrogen-bond acceptors (Lipinski definition) is 5. The highest BCUT2D eigenvalue weighted by Gasteiger charge is 2.15. The van der Waals surface area contributed by atoms with E-state index in [1.165, 1.54) is 18.9 Å². The number of ether oxygens (including phenoxy) is 1. The molecule has 0 spiro atoms. The van der Waals surface area contributed by atoms with Gasteiger partial charge in [0, 0.05) is 27.9 Å². The predicted octanol–water partition coefficient (Wildman–Crippen LogP) is 2.60. The molecule has 0 radical (unpaired) electrons. The molecule has 0 saturated carbocycles. The lowest BCUT2D eigenvalue weighted by Crippen LogP contribution is -2.04. The largest absolute Gasteiger partial charge is 0.465 e. The minimum Gasteiger partial charge on any atom is -0.465 e. The molecule has 0 fully saturated rings. The van der Waals surface area contributed by atoms with Gasteiger partial charge in [-0.15, -0.1) is 0 Å². The van der Waals surface area contributed by atoms with Crippen LogP contribution in [0.3, 0.4) is 0 Å². The molecule has 0 unspecified atom stereocenters. The van der Waals surface area contributed by atoms with E-state index in [4.69, 9.17) is 10.5 Å². The molecule has 0 atom stereocenters. The first kappa shape index (κ1) is 12.4. The second-order valence-corrected chi connectivity index (χ2v) is 4.58. The number of benzene rings is 1. The van der Waals surface area contributed by atoms with Crippen LogP contribution in [0.2, 0.25) is 0 Å². The lowest BCUT2D eigenvalue weighted by atomic mass is 10.2. The first-order valence-corrected chi connectivity index (χ1v) is 6.08. The van der Waals surface area contributed by atoms with Crippen molar-refractivity contribution in [2.45, 2.75) is 9.79 Å². The topological polar surface area (TPSA) is 65.2 Å². The average Bonchev–Trinajstić information content (AvgIpc) is 2.41. The van der Waals surface area contributed by atoms with Gasteiger partial charge in [0.05, 0.1) is 12.7 Å². The Kier molecular flexibility index (Phi) is 3.84. The van der Waals surface area contributed by atoms with E-state index in [0.717, 1.165) is 4.90 Å². The van der Waals surface area contributed by atoms with Crippen molar-refractivity contribution in [3.8, 4) is 0 Å². The third-order valence-corrected chi connectivity index (χ3v) is 3.49. The molecule has 1 heterocycles. The molecule has 0 bridgehead atoms. The van der Waals surface area contributed by atoms with E-state index in [0.29, 0.717) is 16.1 Å². The molecule has 2 rings (SSSR count). The number of nitrogen functional groups attached to an aromatic ring is 1. The molecule has 0 saturated heterocycles. The van der Waals surface area contributed by atoms with Crippen molar-refractivity contribution >= 4 is 23.4 Å². The summed E-state index contributed by atoms with van der Waals surface area (Å²) in [5, 5.41) is 0. The van der Waals surface area contributed by atoms with Crippen LogP contribution in [0.15, 0.2) is 52.5 Å². The number of methoxy groups -OCH3 is 1. The van der Waals surface area contributed by atoms with Crippen molar-refractivity contribution in [1.82, 2.24) is 4.98 Å². The van der Waals surface area contributed by atoms with Crippen molar-refractivity contribution in [3.63, 3.8) is 0 Å². The fourth-order valence-electron chi connectivity index (χ4n) is 1.46. The number of nitrogens with two attached hydrogens (primary N) is 1. The number of hydrogen-bond donors (Lipinski definition) is 1. The maximum absolute atomic E-state index is 11.7. The summed E-state index contributed by atoms with van der Waals surface area (Å²) in [6.45, 7) is 0. The Morgan fingerprint density at radius 1 is 1.28 bits per heavy atom. The molecule has 2 aromatic rings. The third kappa shape index (κ3) is 2.62. The summed E-state index contributed by atoms with van der Waals surface area (Å²) in [5.74, 6) is -0.390. The fourth-order valence-corrected chi connectivity index (χ4v) is 2.40. The number of rotatable bonds is 3. The van der Waals surface area contributed by atoms with Crippen LogP contribution in [0.25, 0.3) is 0 Å². The Morgan fingerprint density at radius 2 is 2.00 bits per heavy atom. The van der Waals surface area contributed by atoms with E-state index in [1.807, 2.05) is 12.1 Å². The van der Waals surface area contributed by atoms with Crippen molar-refractivity contribution in [1.29, 1.82) is 0 Å². The molecule has 5 heteroatoms. The Labute approximate surface area is 109 Å². The third-order valence-electron chi connectivity index (χ3n) is 2.32. The Bertz CT molecular complexity index is 558. The van der Waals surface area contributed by atoms with E-state index in [9.17, 15) is 4.79 Å². The van der Waals surface area contributed by atoms with Crippen LogP contribution < -0.4 is 5.73 Å². The van der Waals surface area contributed by atoms with Crippen LogP contribution in [-0.4, -0.2) is 18.1 Å². The van der Waals surface area contributed by atoms with Crippen molar-refractivity contribution in [3.05, 3.63) is 48.3 Å². The van der Waals surface area contributed by atoms with Crippen LogP contribution in [-0.2, 0) is 4.74 Å². The van der Waals surface area contributed by atoms with E-state index < -0.39 is 0 Å². The van der Waals surface area contributed by atoms with E-state index in [-0.39, 0.29) is 5.97 Å². The highest BCUT2D eigenvalue weighted by Crippen LogP contribution is 2.34. The summed E-state index contributed by atoms with van der Waals surface area (Å²) in [7, 11) is 1.35. The number of anilines is 1.